The Bertz CT molecular complexity index is 707. The van der Waals surface area contributed by atoms with E-state index in [0.29, 0.717) is 41.4 Å². The van der Waals surface area contributed by atoms with Crippen LogP contribution in [0.1, 0.15) is 92.9 Å². The monoisotopic (exact) mass is 414 g/mol. The van der Waals surface area contributed by atoms with E-state index in [-0.39, 0.29) is 11.5 Å². The first-order valence-corrected chi connectivity index (χ1v) is 12.8. The first kappa shape index (κ1) is 22.6. The Hall–Kier alpha value is -0.600. The molecule has 0 amide bonds. The topological polar surface area (TPSA) is 40.5 Å². The highest BCUT2D eigenvalue weighted by atomic mass is 16.3. The van der Waals surface area contributed by atoms with E-state index in [9.17, 15) is 10.2 Å². The lowest BCUT2D eigenvalue weighted by molar-refractivity contribution is -0.168. The summed E-state index contributed by atoms with van der Waals surface area (Å²) in [5.74, 6) is 3.95. The van der Waals surface area contributed by atoms with Crippen molar-refractivity contribution in [1.82, 2.24) is 0 Å². The van der Waals surface area contributed by atoms with Gasteiger partial charge >= 0.3 is 0 Å². The minimum Gasteiger partial charge on any atom is -0.393 e. The Morgan fingerprint density at radius 1 is 0.967 bits per heavy atom. The standard InChI is InChI=1S/C28H46O2/c1-18(2)19(3)7-8-20(4)23-9-10-24-22-12-16-28(30)17-21(29)11-15-27(28,6)25(22)13-14-26(23,24)5/h7-8,12,18-21,23-25,29-30H,9-11,13-17H2,1-6H3/b8-7+. The second-order valence-electron chi connectivity index (χ2n) is 12.4. The third-order valence-electron chi connectivity index (χ3n) is 10.7. The molecule has 0 aromatic rings. The molecule has 0 bridgehead atoms. The summed E-state index contributed by atoms with van der Waals surface area (Å²) in [6.45, 7) is 14.3. The lowest BCUT2D eigenvalue weighted by Crippen LogP contribution is -2.59. The Labute approximate surface area is 185 Å². The Morgan fingerprint density at radius 2 is 1.70 bits per heavy atom. The highest BCUT2D eigenvalue weighted by Gasteiger charge is 2.62. The SMILES string of the molecule is CC(C)C(C)/C=C/C(C)C1CCC2C3=CCC4(O)CC(O)CCC4(C)C3CCC21C. The van der Waals surface area contributed by atoms with E-state index < -0.39 is 5.60 Å². The molecular weight excluding hydrogens is 368 g/mol. The summed E-state index contributed by atoms with van der Waals surface area (Å²) in [4.78, 5) is 0. The fourth-order valence-electron chi connectivity index (χ4n) is 8.10. The summed E-state index contributed by atoms with van der Waals surface area (Å²) in [5, 5.41) is 21.8. The molecular formula is C28H46O2. The second kappa shape index (κ2) is 7.77. The maximum absolute atomic E-state index is 11.6. The van der Waals surface area contributed by atoms with Crippen molar-refractivity contribution in [2.45, 2.75) is 105 Å². The molecule has 2 heteroatoms. The average Bonchev–Trinajstić information content (AvgIpc) is 3.04. The Kier molecular flexibility index (Phi) is 5.85. The van der Waals surface area contributed by atoms with Gasteiger partial charge in [0, 0.05) is 11.8 Å². The molecule has 0 spiro atoms. The van der Waals surface area contributed by atoms with Gasteiger partial charge in [-0.15, -0.1) is 0 Å². The summed E-state index contributed by atoms with van der Waals surface area (Å²) < 4.78 is 0. The highest BCUT2D eigenvalue weighted by molar-refractivity contribution is 5.30. The molecule has 0 aliphatic heterocycles. The Balaban J connectivity index is 1.57. The molecule has 0 saturated heterocycles. The van der Waals surface area contributed by atoms with Crippen molar-refractivity contribution in [1.29, 1.82) is 0 Å². The molecule has 170 valence electrons. The maximum Gasteiger partial charge on any atom is 0.0765 e. The lowest BCUT2D eigenvalue weighted by atomic mass is 9.46. The quantitative estimate of drug-likeness (QED) is 0.514. The molecule has 4 aliphatic rings. The minimum atomic E-state index is -0.715. The zero-order chi connectivity index (χ0) is 21.9. The van der Waals surface area contributed by atoms with Crippen molar-refractivity contribution >= 4 is 0 Å². The van der Waals surface area contributed by atoms with Crippen LogP contribution in [0.5, 0.6) is 0 Å². The van der Waals surface area contributed by atoms with E-state index in [1.807, 2.05) is 0 Å². The molecule has 9 unspecified atom stereocenters. The lowest BCUT2D eigenvalue weighted by Gasteiger charge is -2.61. The predicted molar refractivity (Wildman–Crippen MR) is 125 cm³/mol. The first-order valence-electron chi connectivity index (χ1n) is 12.8. The Morgan fingerprint density at radius 3 is 2.40 bits per heavy atom. The number of fused-ring (bicyclic) bond motifs is 5. The van der Waals surface area contributed by atoms with Crippen molar-refractivity contribution in [3.05, 3.63) is 23.8 Å². The van der Waals surface area contributed by atoms with Gasteiger partial charge in [-0.25, -0.2) is 0 Å². The predicted octanol–water partition coefficient (Wildman–Crippen LogP) is 6.53. The van der Waals surface area contributed by atoms with Crippen molar-refractivity contribution in [3.63, 3.8) is 0 Å². The van der Waals surface area contributed by atoms with Crippen LogP contribution in [0.3, 0.4) is 0 Å². The van der Waals surface area contributed by atoms with Gasteiger partial charge < -0.3 is 10.2 Å². The van der Waals surface area contributed by atoms with Gasteiger partial charge in [0.15, 0.2) is 0 Å². The molecule has 0 radical (unpaired) electrons. The molecule has 0 aromatic heterocycles. The highest BCUT2D eigenvalue weighted by Crippen LogP contribution is 2.67. The van der Waals surface area contributed by atoms with Crippen LogP contribution >= 0.6 is 0 Å². The van der Waals surface area contributed by atoms with Crippen LogP contribution in [-0.4, -0.2) is 21.9 Å². The van der Waals surface area contributed by atoms with Crippen LogP contribution in [0.25, 0.3) is 0 Å². The van der Waals surface area contributed by atoms with Crippen molar-refractivity contribution in [2.75, 3.05) is 0 Å². The van der Waals surface area contributed by atoms with Crippen LogP contribution in [0.4, 0.5) is 0 Å². The number of aliphatic hydroxyl groups is 2. The number of hydrogen-bond acceptors (Lipinski definition) is 2. The number of aliphatic hydroxyl groups excluding tert-OH is 1. The van der Waals surface area contributed by atoms with Gasteiger partial charge in [-0.3, -0.25) is 0 Å². The van der Waals surface area contributed by atoms with Crippen LogP contribution in [0.2, 0.25) is 0 Å². The van der Waals surface area contributed by atoms with E-state index in [0.717, 1.165) is 25.2 Å². The smallest absolute Gasteiger partial charge is 0.0765 e. The molecule has 30 heavy (non-hydrogen) atoms. The number of hydrogen-bond donors (Lipinski definition) is 2. The summed E-state index contributed by atoms with van der Waals surface area (Å²) in [5.41, 5.74) is 1.30. The summed E-state index contributed by atoms with van der Waals surface area (Å²) >= 11 is 0. The normalized spacial score (nSPS) is 48.1. The molecule has 2 N–H and O–H groups in total. The second-order valence-corrected chi connectivity index (χ2v) is 12.4. The van der Waals surface area contributed by atoms with Gasteiger partial charge in [0.25, 0.3) is 0 Å². The molecule has 0 aromatic carbocycles. The van der Waals surface area contributed by atoms with Crippen LogP contribution in [-0.2, 0) is 0 Å². The van der Waals surface area contributed by atoms with E-state index >= 15 is 0 Å². The van der Waals surface area contributed by atoms with E-state index in [4.69, 9.17) is 0 Å². The van der Waals surface area contributed by atoms with Gasteiger partial charge in [0.05, 0.1) is 11.7 Å². The molecule has 9 atom stereocenters. The van der Waals surface area contributed by atoms with E-state index in [2.05, 4.69) is 59.8 Å². The molecule has 4 aliphatic carbocycles. The zero-order valence-electron chi connectivity index (χ0n) is 20.3. The van der Waals surface area contributed by atoms with Crippen LogP contribution in [0, 0.1) is 46.3 Å². The van der Waals surface area contributed by atoms with E-state index in [1.54, 1.807) is 5.57 Å². The molecule has 2 nitrogen and oxygen atoms in total. The molecule has 4 rings (SSSR count). The summed E-state index contributed by atoms with van der Waals surface area (Å²) in [6.07, 6.45) is 15.4. The molecule has 3 saturated carbocycles. The third-order valence-corrected chi connectivity index (χ3v) is 10.7. The van der Waals surface area contributed by atoms with Crippen LogP contribution in [0.15, 0.2) is 23.8 Å². The van der Waals surface area contributed by atoms with Gasteiger partial charge in [-0.2, -0.15) is 0 Å². The van der Waals surface area contributed by atoms with Gasteiger partial charge in [0.2, 0.25) is 0 Å². The number of rotatable bonds is 4. The zero-order valence-corrected chi connectivity index (χ0v) is 20.3. The van der Waals surface area contributed by atoms with Crippen molar-refractivity contribution in [3.8, 4) is 0 Å². The van der Waals surface area contributed by atoms with Crippen molar-refractivity contribution in [2.24, 2.45) is 46.3 Å². The minimum absolute atomic E-state index is 0.0616. The largest absolute Gasteiger partial charge is 0.393 e. The van der Waals surface area contributed by atoms with Crippen LogP contribution < -0.4 is 0 Å². The fourth-order valence-corrected chi connectivity index (χ4v) is 8.10. The first-order chi connectivity index (χ1) is 14.0. The summed E-state index contributed by atoms with van der Waals surface area (Å²) in [7, 11) is 0. The maximum atomic E-state index is 11.6. The van der Waals surface area contributed by atoms with Gasteiger partial charge in [0.1, 0.15) is 0 Å². The molecule has 3 fully saturated rings. The average molecular weight is 415 g/mol. The van der Waals surface area contributed by atoms with Crippen molar-refractivity contribution < 1.29 is 10.2 Å². The number of allylic oxidation sites excluding steroid dienone is 3. The summed E-state index contributed by atoms with van der Waals surface area (Å²) in [6, 6.07) is 0. The molecule has 0 heterocycles. The third kappa shape index (κ3) is 3.36. The van der Waals surface area contributed by atoms with Gasteiger partial charge in [-0.1, -0.05) is 65.3 Å². The van der Waals surface area contributed by atoms with Gasteiger partial charge in [-0.05, 0) is 85.9 Å². The fraction of sp³-hybridized carbons (Fsp3) is 0.857. The van der Waals surface area contributed by atoms with E-state index in [1.165, 1.54) is 25.7 Å².